The van der Waals surface area contributed by atoms with E-state index >= 15 is 0 Å². The SMILES string of the molecule is CCCC(Nc1nc(-c2ccc(N)c(OC)c2)cnc1C)c1ccccc1. The second-order valence-corrected chi connectivity index (χ2v) is 6.54. The van der Waals surface area contributed by atoms with Crippen molar-refractivity contribution in [3.8, 4) is 17.0 Å². The minimum atomic E-state index is 0.195. The molecular weight excluding hydrogens is 336 g/mol. The summed E-state index contributed by atoms with van der Waals surface area (Å²) >= 11 is 0. The van der Waals surface area contributed by atoms with Gasteiger partial charge in [-0.2, -0.15) is 0 Å². The van der Waals surface area contributed by atoms with Gasteiger partial charge in [0.2, 0.25) is 0 Å². The zero-order chi connectivity index (χ0) is 19.2. The number of benzene rings is 2. The van der Waals surface area contributed by atoms with Crippen molar-refractivity contribution in [2.24, 2.45) is 0 Å². The Morgan fingerprint density at radius 1 is 1.15 bits per heavy atom. The molecule has 1 unspecified atom stereocenters. The van der Waals surface area contributed by atoms with E-state index in [9.17, 15) is 0 Å². The van der Waals surface area contributed by atoms with Crippen LogP contribution in [0, 0.1) is 6.92 Å². The Bertz CT molecular complexity index is 896. The van der Waals surface area contributed by atoms with E-state index in [2.05, 4.69) is 41.5 Å². The fourth-order valence-electron chi connectivity index (χ4n) is 3.06. The smallest absolute Gasteiger partial charge is 0.148 e. The van der Waals surface area contributed by atoms with Crippen molar-refractivity contribution in [1.82, 2.24) is 9.97 Å². The molecule has 0 saturated heterocycles. The second-order valence-electron chi connectivity index (χ2n) is 6.54. The maximum absolute atomic E-state index is 5.92. The lowest BCUT2D eigenvalue weighted by atomic mass is 10.0. The van der Waals surface area contributed by atoms with Crippen molar-refractivity contribution in [1.29, 1.82) is 0 Å². The number of nitrogens with zero attached hydrogens (tertiary/aromatic N) is 2. The van der Waals surface area contributed by atoms with Gasteiger partial charge in [0.25, 0.3) is 0 Å². The molecule has 0 aliphatic heterocycles. The average molecular weight is 362 g/mol. The molecule has 0 aliphatic carbocycles. The molecular formula is C22H26N4O. The molecule has 1 aromatic heterocycles. The van der Waals surface area contributed by atoms with Crippen molar-refractivity contribution in [3.63, 3.8) is 0 Å². The van der Waals surface area contributed by atoms with Crippen molar-refractivity contribution in [2.45, 2.75) is 32.7 Å². The Kier molecular flexibility index (Phi) is 5.91. The van der Waals surface area contributed by atoms with Gasteiger partial charge in [0.15, 0.2) is 0 Å². The van der Waals surface area contributed by atoms with Gasteiger partial charge in [0.1, 0.15) is 11.6 Å². The molecule has 0 amide bonds. The largest absolute Gasteiger partial charge is 0.495 e. The minimum absolute atomic E-state index is 0.195. The third-order valence-corrected chi connectivity index (χ3v) is 4.57. The molecule has 0 spiro atoms. The maximum atomic E-state index is 5.92. The van der Waals surface area contributed by atoms with Crippen molar-refractivity contribution in [2.75, 3.05) is 18.2 Å². The van der Waals surface area contributed by atoms with E-state index in [-0.39, 0.29) is 6.04 Å². The van der Waals surface area contributed by atoms with Crippen molar-refractivity contribution < 1.29 is 4.74 Å². The predicted molar refractivity (Wildman–Crippen MR) is 111 cm³/mol. The first-order valence-corrected chi connectivity index (χ1v) is 9.21. The summed E-state index contributed by atoms with van der Waals surface area (Å²) in [6.45, 7) is 4.16. The third kappa shape index (κ3) is 4.37. The van der Waals surface area contributed by atoms with Crippen LogP contribution in [0.5, 0.6) is 5.75 Å². The molecule has 2 aromatic carbocycles. The van der Waals surface area contributed by atoms with E-state index in [1.54, 1.807) is 13.3 Å². The number of nitrogens with two attached hydrogens (primary N) is 1. The van der Waals surface area contributed by atoms with Gasteiger partial charge < -0.3 is 15.8 Å². The molecule has 1 atom stereocenters. The number of anilines is 2. The lowest BCUT2D eigenvalue weighted by Crippen LogP contribution is -2.13. The molecule has 3 rings (SSSR count). The summed E-state index contributed by atoms with van der Waals surface area (Å²) in [5, 5.41) is 3.59. The number of hydrogen-bond acceptors (Lipinski definition) is 5. The highest BCUT2D eigenvalue weighted by atomic mass is 16.5. The molecule has 0 fully saturated rings. The number of ether oxygens (including phenoxy) is 1. The van der Waals surface area contributed by atoms with Crippen LogP contribution in [-0.2, 0) is 0 Å². The number of methoxy groups -OCH3 is 1. The van der Waals surface area contributed by atoms with Gasteiger partial charge in [0.05, 0.1) is 36.4 Å². The normalized spacial score (nSPS) is 11.8. The van der Waals surface area contributed by atoms with Crippen molar-refractivity contribution >= 4 is 11.5 Å². The number of hydrogen-bond donors (Lipinski definition) is 2. The average Bonchev–Trinajstić information content (AvgIpc) is 2.70. The molecule has 0 saturated carbocycles. The summed E-state index contributed by atoms with van der Waals surface area (Å²) in [6, 6.07) is 16.3. The van der Waals surface area contributed by atoms with E-state index < -0.39 is 0 Å². The summed E-state index contributed by atoms with van der Waals surface area (Å²) in [5.74, 6) is 1.43. The number of aryl methyl sites for hydroxylation is 1. The zero-order valence-electron chi connectivity index (χ0n) is 16.1. The molecule has 1 heterocycles. The Hall–Kier alpha value is -3.08. The van der Waals surface area contributed by atoms with Crippen LogP contribution in [0.15, 0.2) is 54.7 Å². The van der Waals surface area contributed by atoms with Crippen LogP contribution >= 0.6 is 0 Å². The maximum Gasteiger partial charge on any atom is 0.148 e. The summed E-state index contributed by atoms with van der Waals surface area (Å²) in [4.78, 5) is 9.37. The van der Waals surface area contributed by atoms with E-state index in [0.717, 1.165) is 35.6 Å². The number of aromatic nitrogens is 2. The Labute approximate surface area is 160 Å². The first-order chi connectivity index (χ1) is 13.1. The quantitative estimate of drug-likeness (QED) is 0.579. The molecule has 27 heavy (non-hydrogen) atoms. The highest BCUT2D eigenvalue weighted by molar-refractivity contribution is 5.68. The lowest BCUT2D eigenvalue weighted by Gasteiger charge is -2.20. The second kappa shape index (κ2) is 8.54. The van der Waals surface area contributed by atoms with Gasteiger partial charge in [-0.3, -0.25) is 4.98 Å². The van der Waals surface area contributed by atoms with E-state index in [1.807, 2.05) is 31.2 Å². The monoisotopic (exact) mass is 362 g/mol. The molecule has 0 radical (unpaired) electrons. The van der Waals surface area contributed by atoms with Gasteiger partial charge in [0, 0.05) is 5.56 Å². The Balaban J connectivity index is 1.93. The molecule has 5 nitrogen and oxygen atoms in total. The summed E-state index contributed by atoms with van der Waals surface area (Å²) < 4.78 is 5.33. The third-order valence-electron chi connectivity index (χ3n) is 4.57. The number of nitrogens with one attached hydrogen (secondary N) is 1. The lowest BCUT2D eigenvalue weighted by molar-refractivity contribution is 0.417. The molecule has 0 bridgehead atoms. The van der Waals surface area contributed by atoms with Gasteiger partial charge >= 0.3 is 0 Å². The topological polar surface area (TPSA) is 73.1 Å². The Morgan fingerprint density at radius 3 is 2.63 bits per heavy atom. The Morgan fingerprint density at radius 2 is 1.93 bits per heavy atom. The summed E-state index contributed by atoms with van der Waals surface area (Å²) in [7, 11) is 1.61. The predicted octanol–water partition coefficient (Wildman–Crippen LogP) is 5.00. The fourth-order valence-corrected chi connectivity index (χ4v) is 3.06. The van der Waals surface area contributed by atoms with Crippen LogP contribution in [0.25, 0.3) is 11.3 Å². The molecule has 3 aromatic rings. The highest BCUT2D eigenvalue weighted by Crippen LogP contribution is 2.30. The summed E-state index contributed by atoms with van der Waals surface area (Å²) in [5.41, 5.74) is 10.4. The van der Waals surface area contributed by atoms with Crippen LogP contribution in [-0.4, -0.2) is 17.1 Å². The van der Waals surface area contributed by atoms with Gasteiger partial charge in [-0.25, -0.2) is 4.98 Å². The number of rotatable bonds is 7. The first-order valence-electron chi connectivity index (χ1n) is 9.21. The number of nitrogen functional groups attached to an aromatic ring is 1. The van der Waals surface area contributed by atoms with E-state index in [4.69, 9.17) is 15.5 Å². The van der Waals surface area contributed by atoms with Crippen LogP contribution in [0.2, 0.25) is 0 Å². The summed E-state index contributed by atoms with van der Waals surface area (Å²) in [6.07, 6.45) is 3.88. The van der Waals surface area contributed by atoms with Crippen LogP contribution in [0.1, 0.15) is 37.1 Å². The zero-order valence-corrected chi connectivity index (χ0v) is 16.1. The molecule has 0 aliphatic rings. The van der Waals surface area contributed by atoms with E-state index in [0.29, 0.717) is 11.4 Å². The fraction of sp³-hybridized carbons (Fsp3) is 0.273. The van der Waals surface area contributed by atoms with Gasteiger partial charge in [-0.15, -0.1) is 0 Å². The standard InChI is InChI=1S/C22H26N4O/c1-4-8-19(16-9-6-5-7-10-16)25-22-15(2)24-14-20(26-22)17-11-12-18(23)21(13-17)27-3/h5-7,9-14,19H,4,8,23H2,1-3H3,(H,25,26). The molecule has 140 valence electrons. The van der Waals surface area contributed by atoms with E-state index in [1.165, 1.54) is 5.56 Å². The minimum Gasteiger partial charge on any atom is -0.495 e. The van der Waals surface area contributed by atoms with Crippen LogP contribution in [0.3, 0.4) is 0 Å². The van der Waals surface area contributed by atoms with Crippen LogP contribution < -0.4 is 15.8 Å². The van der Waals surface area contributed by atoms with Gasteiger partial charge in [-0.1, -0.05) is 49.7 Å². The highest BCUT2D eigenvalue weighted by Gasteiger charge is 2.14. The van der Waals surface area contributed by atoms with Crippen LogP contribution in [0.4, 0.5) is 11.5 Å². The van der Waals surface area contributed by atoms with Gasteiger partial charge in [-0.05, 0) is 31.0 Å². The first kappa shape index (κ1) is 18.7. The van der Waals surface area contributed by atoms with Crippen molar-refractivity contribution in [3.05, 3.63) is 66.0 Å². The molecule has 5 heteroatoms. The molecule has 3 N–H and O–H groups in total.